The fourth-order valence-electron chi connectivity index (χ4n) is 1.83. The van der Waals surface area contributed by atoms with Crippen molar-refractivity contribution in [3.8, 4) is 5.75 Å². The Morgan fingerprint density at radius 2 is 1.62 bits per heavy atom. The first-order valence-corrected chi connectivity index (χ1v) is 7.69. The molecule has 0 N–H and O–H groups in total. The van der Waals surface area contributed by atoms with Crippen LogP contribution < -0.4 is 4.74 Å². The Hall–Kier alpha value is -2.08. The van der Waals surface area contributed by atoms with E-state index >= 15 is 0 Å². The van der Waals surface area contributed by atoms with Crippen molar-refractivity contribution in [3.63, 3.8) is 0 Å². The highest BCUT2D eigenvalue weighted by atomic mass is 35.5. The van der Waals surface area contributed by atoms with Gasteiger partial charge in [0.25, 0.3) is 0 Å². The molecular weight excluding hydrogens is 355 g/mol. The smallest absolute Gasteiger partial charge is 0.343 e. The largest absolute Gasteiger partial charge is 0.460 e. The third kappa shape index (κ3) is 5.23. The molecule has 7 heteroatoms. The summed E-state index contributed by atoms with van der Waals surface area (Å²) in [5, 5.41) is 0.648. The second-order valence-corrected chi connectivity index (χ2v) is 5.58. The van der Waals surface area contributed by atoms with Gasteiger partial charge in [0.1, 0.15) is 12.4 Å². The zero-order chi connectivity index (χ0) is 17.5. The van der Waals surface area contributed by atoms with E-state index in [1.807, 2.05) is 0 Å². The summed E-state index contributed by atoms with van der Waals surface area (Å²) in [5.41, 5.74) is 0.473. The summed E-state index contributed by atoms with van der Waals surface area (Å²) >= 11 is 11.7. The molecule has 0 unspecified atom stereocenters. The Bertz CT molecular complexity index is 725. The van der Waals surface area contributed by atoms with Crippen LogP contribution in [0.1, 0.15) is 20.7 Å². The van der Waals surface area contributed by atoms with Crippen LogP contribution in [0, 0.1) is 0 Å². The van der Waals surface area contributed by atoms with Crippen molar-refractivity contribution in [3.05, 3.63) is 63.6 Å². The molecule has 2 aromatic carbocycles. The highest BCUT2D eigenvalue weighted by Crippen LogP contribution is 2.21. The van der Waals surface area contributed by atoms with Gasteiger partial charge in [0.2, 0.25) is 0 Å². The van der Waals surface area contributed by atoms with Crippen LogP contribution in [-0.4, -0.2) is 32.3 Å². The summed E-state index contributed by atoms with van der Waals surface area (Å²) in [4.78, 5) is 24.0. The van der Waals surface area contributed by atoms with Gasteiger partial charge in [-0.1, -0.05) is 29.3 Å². The molecule has 2 aromatic rings. The van der Waals surface area contributed by atoms with Crippen LogP contribution in [0.4, 0.5) is 0 Å². The summed E-state index contributed by atoms with van der Waals surface area (Å²) < 4.78 is 15.0. The molecule has 0 saturated heterocycles. The SMILES string of the molecule is COCCOC(=O)c1cccc(OC(=O)c2cc(Cl)cc(Cl)c2)c1. The number of rotatable bonds is 6. The minimum Gasteiger partial charge on any atom is -0.460 e. The average Bonchev–Trinajstić information content (AvgIpc) is 2.54. The number of esters is 2. The molecule has 0 aliphatic carbocycles. The number of halogens is 2. The van der Waals surface area contributed by atoms with Crippen molar-refractivity contribution in [1.29, 1.82) is 0 Å². The number of hydrogen-bond donors (Lipinski definition) is 0. The Kier molecular flexibility index (Phi) is 6.61. The number of hydrogen-bond acceptors (Lipinski definition) is 5. The third-order valence-corrected chi connectivity index (χ3v) is 3.34. The molecule has 5 nitrogen and oxygen atoms in total. The zero-order valence-corrected chi connectivity index (χ0v) is 14.3. The minimum atomic E-state index is -0.635. The molecule has 0 spiro atoms. The molecule has 2 rings (SSSR count). The van der Waals surface area contributed by atoms with Crippen molar-refractivity contribution in [2.24, 2.45) is 0 Å². The van der Waals surface area contributed by atoms with E-state index in [2.05, 4.69) is 0 Å². The van der Waals surface area contributed by atoms with E-state index in [1.165, 1.54) is 31.4 Å². The third-order valence-electron chi connectivity index (χ3n) is 2.90. The van der Waals surface area contributed by atoms with Crippen LogP contribution in [-0.2, 0) is 9.47 Å². The molecule has 0 aliphatic heterocycles. The maximum Gasteiger partial charge on any atom is 0.343 e. The summed E-state index contributed by atoms with van der Waals surface area (Å²) in [7, 11) is 1.51. The molecule has 24 heavy (non-hydrogen) atoms. The predicted octanol–water partition coefficient (Wildman–Crippen LogP) is 4.02. The van der Waals surface area contributed by atoms with E-state index in [-0.39, 0.29) is 23.5 Å². The fourth-order valence-corrected chi connectivity index (χ4v) is 2.35. The first kappa shape index (κ1) is 18.3. The zero-order valence-electron chi connectivity index (χ0n) is 12.8. The Morgan fingerprint density at radius 3 is 2.29 bits per heavy atom. The second kappa shape index (κ2) is 8.68. The number of benzene rings is 2. The lowest BCUT2D eigenvalue weighted by Crippen LogP contribution is -2.11. The molecule has 0 heterocycles. The van der Waals surface area contributed by atoms with Crippen molar-refractivity contribution >= 4 is 35.1 Å². The lowest BCUT2D eigenvalue weighted by atomic mass is 10.2. The van der Waals surface area contributed by atoms with Gasteiger partial charge in [-0.05, 0) is 36.4 Å². The second-order valence-electron chi connectivity index (χ2n) is 4.70. The lowest BCUT2D eigenvalue weighted by Gasteiger charge is -2.08. The highest BCUT2D eigenvalue weighted by Gasteiger charge is 2.13. The van der Waals surface area contributed by atoms with Gasteiger partial charge in [-0.15, -0.1) is 0 Å². The van der Waals surface area contributed by atoms with Gasteiger partial charge in [-0.3, -0.25) is 0 Å². The van der Waals surface area contributed by atoms with Crippen LogP contribution >= 0.6 is 23.2 Å². The van der Waals surface area contributed by atoms with E-state index in [1.54, 1.807) is 18.2 Å². The van der Waals surface area contributed by atoms with Gasteiger partial charge >= 0.3 is 11.9 Å². The maximum absolute atomic E-state index is 12.1. The van der Waals surface area contributed by atoms with Crippen LogP contribution in [0.25, 0.3) is 0 Å². The first-order valence-electron chi connectivity index (χ1n) is 6.94. The highest BCUT2D eigenvalue weighted by molar-refractivity contribution is 6.35. The van der Waals surface area contributed by atoms with Crippen molar-refractivity contribution in [2.45, 2.75) is 0 Å². The summed E-state index contributed by atoms with van der Waals surface area (Å²) in [6.07, 6.45) is 0. The normalized spacial score (nSPS) is 10.3. The van der Waals surface area contributed by atoms with Crippen molar-refractivity contribution < 1.29 is 23.8 Å². The molecule has 126 valence electrons. The van der Waals surface area contributed by atoms with Crippen molar-refractivity contribution in [1.82, 2.24) is 0 Å². The lowest BCUT2D eigenvalue weighted by molar-refractivity contribution is 0.0387. The maximum atomic E-state index is 12.1. The molecule has 0 radical (unpaired) electrons. The summed E-state index contributed by atoms with van der Waals surface area (Å²) in [5.74, 6) is -0.961. The first-order chi connectivity index (χ1) is 11.5. The number of methoxy groups -OCH3 is 1. The summed E-state index contributed by atoms with van der Waals surface area (Å²) in [6.45, 7) is 0.441. The van der Waals surface area contributed by atoms with Gasteiger partial charge in [-0.2, -0.15) is 0 Å². The average molecular weight is 369 g/mol. The van der Waals surface area contributed by atoms with Crippen LogP contribution in [0.3, 0.4) is 0 Å². The molecule has 0 amide bonds. The molecule has 0 aromatic heterocycles. The van der Waals surface area contributed by atoms with Gasteiger partial charge in [0, 0.05) is 17.2 Å². The topological polar surface area (TPSA) is 61.8 Å². The van der Waals surface area contributed by atoms with Crippen molar-refractivity contribution in [2.75, 3.05) is 20.3 Å². The monoisotopic (exact) mass is 368 g/mol. The van der Waals surface area contributed by atoms with E-state index in [0.717, 1.165) is 0 Å². The van der Waals surface area contributed by atoms with E-state index in [0.29, 0.717) is 16.7 Å². The number of ether oxygens (including phenoxy) is 3. The predicted molar refractivity (Wildman–Crippen MR) is 90.0 cm³/mol. The Balaban J connectivity index is 2.08. The van der Waals surface area contributed by atoms with Gasteiger partial charge < -0.3 is 14.2 Å². The molecule has 0 atom stereocenters. The summed E-state index contributed by atoms with van der Waals surface area (Å²) in [6, 6.07) is 10.5. The van der Waals surface area contributed by atoms with Gasteiger partial charge in [-0.25, -0.2) is 9.59 Å². The van der Waals surface area contributed by atoms with Gasteiger partial charge in [0.05, 0.1) is 17.7 Å². The van der Waals surface area contributed by atoms with Gasteiger partial charge in [0.15, 0.2) is 0 Å². The van der Waals surface area contributed by atoms with E-state index < -0.39 is 11.9 Å². The molecular formula is C17H14Cl2O5. The van der Waals surface area contributed by atoms with Crippen LogP contribution in [0.2, 0.25) is 10.0 Å². The van der Waals surface area contributed by atoms with E-state index in [9.17, 15) is 9.59 Å². The fraction of sp³-hybridized carbons (Fsp3) is 0.176. The van der Waals surface area contributed by atoms with E-state index in [4.69, 9.17) is 37.4 Å². The Labute approximate surface area is 149 Å². The van der Waals surface area contributed by atoms with Crippen LogP contribution in [0.15, 0.2) is 42.5 Å². The number of carbonyl (C=O) groups excluding carboxylic acids is 2. The molecule has 0 fully saturated rings. The number of carbonyl (C=O) groups is 2. The standard InChI is InChI=1S/C17H14Cl2O5/c1-22-5-6-23-16(20)11-3-2-4-15(9-11)24-17(21)12-7-13(18)10-14(19)8-12/h2-4,7-10H,5-6H2,1H3. The minimum absolute atomic E-state index is 0.139. The Morgan fingerprint density at radius 1 is 0.917 bits per heavy atom. The quantitative estimate of drug-likeness (QED) is 0.437. The molecule has 0 aliphatic rings. The molecule has 0 bridgehead atoms. The molecule has 0 saturated carbocycles. The van der Waals surface area contributed by atoms with Crippen LogP contribution in [0.5, 0.6) is 5.75 Å².